The molecule has 1 aromatic heterocycles. The van der Waals surface area contributed by atoms with E-state index in [9.17, 15) is 4.79 Å². The van der Waals surface area contributed by atoms with Crippen molar-refractivity contribution in [3.63, 3.8) is 0 Å². The fraction of sp³-hybridized carbons (Fsp3) is 0.444. The molecule has 2 rings (SSSR count). The van der Waals surface area contributed by atoms with Crippen LogP contribution in [0.3, 0.4) is 0 Å². The van der Waals surface area contributed by atoms with Gasteiger partial charge in [-0.3, -0.25) is 4.79 Å². The molecule has 1 fully saturated rings. The zero-order valence-electron chi connectivity index (χ0n) is 7.00. The highest BCUT2D eigenvalue weighted by Gasteiger charge is 2.34. The van der Waals surface area contributed by atoms with Crippen molar-refractivity contribution in [2.45, 2.75) is 19.4 Å². The maximum absolute atomic E-state index is 11.4. The number of carbonyl (C=O) groups excluding carboxylic acids is 1. The Kier molecular flexibility index (Phi) is 1.64. The maximum Gasteiger partial charge on any atom is 0.267 e. The molecule has 1 heterocycles. The van der Waals surface area contributed by atoms with Gasteiger partial charge in [0.05, 0.1) is 0 Å². The molecular formula is C9H12N2O. The fourth-order valence-corrected chi connectivity index (χ4v) is 1.24. The van der Waals surface area contributed by atoms with Crippen LogP contribution in [0.4, 0.5) is 0 Å². The molecule has 1 aromatic rings. The zero-order valence-corrected chi connectivity index (χ0v) is 7.00. The van der Waals surface area contributed by atoms with Gasteiger partial charge < -0.3 is 10.3 Å². The summed E-state index contributed by atoms with van der Waals surface area (Å²) in [7, 11) is 0. The van der Waals surface area contributed by atoms with Crippen LogP contribution in [0.5, 0.6) is 0 Å². The second kappa shape index (κ2) is 2.66. The average molecular weight is 164 g/mol. The van der Waals surface area contributed by atoms with E-state index in [1.54, 1.807) is 12.3 Å². The molecule has 1 aliphatic rings. The maximum atomic E-state index is 11.4. The lowest BCUT2D eigenvalue weighted by Crippen LogP contribution is -2.26. The molecular weight excluding hydrogens is 152 g/mol. The van der Waals surface area contributed by atoms with Crippen molar-refractivity contribution in [2.24, 2.45) is 5.92 Å². The first kappa shape index (κ1) is 7.40. The van der Waals surface area contributed by atoms with Gasteiger partial charge >= 0.3 is 0 Å². The number of amides is 1. The number of nitrogens with one attached hydrogen (secondary N) is 2. The zero-order chi connectivity index (χ0) is 8.55. The summed E-state index contributed by atoms with van der Waals surface area (Å²) in [6.07, 6.45) is 2.87. The number of carbonyl (C=O) groups is 1. The summed E-state index contributed by atoms with van der Waals surface area (Å²) in [6.45, 7) is 2.14. The van der Waals surface area contributed by atoms with E-state index in [0.717, 1.165) is 6.42 Å². The lowest BCUT2D eigenvalue weighted by Gasteiger charge is -2.00. The number of H-pyrrole nitrogens is 1. The molecule has 3 nitrogen and oxygen atoms in total. The van der Waals surface area contributed by atoms with Gasteiger partial charge in [-0.15, -0.1) is 0 Å². The lowest BCUT2D eigenvalue weighted by molar-refractivity contribution is 0.0945. The van der Waals surface area contributed by atoms with E-state index >= 15 is 0 Å². The van der Waals surface area contributed by atoms with Gasteiger partial charge in [-0.1, -0.05) is 6.92 Å². The highest BCUT2D eigenvalue weighted by Crippen LogP contribution is 2.29. The van der Waals surface area contributed by atoms with Crippen LogP contribution in [0.25, 0.3) is 0 Å². The molecule has 2 N–H and O–H groups in total. The Hall–Kier alpha value is -1.25. The van der Waals surface area contributed by atoms with Gasteiger partial charge in [0, 0.05) is 12.2 Å². The summed E-state index contributed by atoms with van der Waals surface area (Å²) in [6, 6.07) is 4.01. The third kappa shape index (κ3) is 1.35. The van der Waals surface area contributed by atoms with Crippen LogP contribution < -0.4 is 5.32 Å². The third-order valence-electron chi connectivity index (χ3n) is 2.27. The molecule has 0 aromatic carbocycles. The highest BCUT2D eigenvalue weighted by atomic mass is 16.2. The molecule has 2 atom stereocenters. The van der Waals surface area contributed by atoms with E-state index < -0.39 is 0 Å². The third-order valence-corrected chi connectivity index (χ3v) is 2.27. The molecule has 1 saturated carbocycles. The fourth-order valence-electron chi connectivity index (χ4n) is 1.24. The minimum Gasteiger partial charge on any atom is -0.357 e. The second-order valence-electron chi connectivity index (χ2n) is 3.38. The van der Waals surface area contributed by atoms with Crippen molar-refractivity contribution in [1.82, 2.24) is 10.3 Å². The van der Waals surface area contributed by atoms with Crippen molar-refractivity contribution < 1.29 is 4.79 Å². The van der Waals surface area contributed by atoms with Crippen molar-refractivity contribution >= 4 is 5.91 Å². The van der Waals surface area contributed by atoms with Crippen LogP contribution in [0.15, 0.2) is 18.3 Å². The van der Waals surface area contributed by atoms with Crippen molar-refractivity contribution in [3.05, 3.63) is 24.0 Å². The summed E-state index contributed by atoms with van der Waals surface area (Å²) in [5.74, 6) is 0.665. The Bertz CT molecular complexity index is 279. The minimum absolute atomic E-state index is 0.00866. The Labute approximate surface area is 71.2 Å². The molecule has 0 bridgehead atoms. The molecule has 1 amide bonds. The topological polar surface area (TPSA) is 44.9 Å². The predicted octanol–water partition coefficient (Wildman–Crippen LogP) is 1.15. The van der Waals surface area contributed by atoms with Crippen molar-refractivity contribution in [3.8, 4) is 0 Å². The number of aromatic nitrogens is 1. The smallest absolute Gasteiger partial charge is 0.267 e. The lowest BCUT2D eigenvalue weighted by atomic mass is 10.4. The Morgan fingerprint density at radius 2 is 2.50 bits per heavy atom. The van der Waals surface area contributed by atoms with Crippen LogP contribution in [0.1, 0.15) is 23.8 Å². The number of aromatic amines is 1. The largest absolute Gasteiger partial charge is 0.357 e. The molecule has 0 unspecified atom stereocenters. The van der Waals surface area contributed by atoms with Crippen LogP contribution in [-0.4, -0.2) is 16.9 Å². The van der Waals surface area contributed by atoms with Gasteiger partial charge in [0.2, 0.25) is 0 Å². The summed E-state index contributed by atoms with van der Waals surface area (Å²) in [4.78, 5) is 14.2. The van der Waals surface area contributed by atoms with E-state index in [1.807, 2.05) is 6.07 Å². The summed E-state index contributed by atoms with van der Waals surface area (Å²) in [5.41, 5.74) is 0.647. The summed E-state index contributed by atoms with van der Waals surface area (Å²) >= 11 is 0. The van der Waals surface area contributed by atoms with Gasteiger partial charge in [-0.05, 0) is 24.5 Å². The number of rotatable bonds is 2. The first-order valence-corrected chi connectivity index (χ1v) is 4.21. The Balaban J connectivity index is 1.93. The van der Waals surface area contributed by atoms with Gasteiger partial charge in [0.1, 0.15) is 5.69 Å². The van der Waals surface area contributed by atoms with E-state index in [4.69, 9.17) is 0 Å². The van der Waals surface area contributed by atoms with Gasteiger partial charge in [0.15, 0.2) is 0 Å². The second-order valence-corrected chi connectivity index (χ2v) is 3.38. The molecule has 12 heavy (non-hydrogen) atoms. The Morgan fingerprint density at radius 3 is 3.00 bits per heavy atom. The van der Waals surface area contributed by atoms with Crippen molar-refractivity contribution in [1.29, 1.82) is 0 Å². The normalized spacial score (nSPS) is 26.8. The van der Waals surface area contributed by atoms with Crippen LogP contribution in [0, 0.1) is 5.92 Å². The minimum atomic E-state index is 0.00866. The average Bonchev–Trinajstić information content (AvgIpc) is 2.58. The van der Waals surface area contributed by atoms with Gasteiger partial charge in [-0.25, -0.2) is 0 Å². The number of hydrogen-bond donors (Lipinski definition) is 2. The van der Waals surface area contributed by atoms with E-state index in [1.165, 1.54) is 0 Å². The quantitative estimate of drug-likeness (QED) is 0.676. The van der Waals surface area contributed by atoms with E-state index in [-0.39, 0.29) is 5.91 Å². The SMILES string of the molecule is C[C@@H]1C[C@H]1NC(=O)c1ccc[nH]1. The first-order valence-electron chi connectivity index (χ1n) is 4.21. The van der Waals surface area contributed by atoms with Crippen LogP contribution in [-0.2, 0) is 0 Å². The van der Waals surface area contributed by atoms with Crippen LogP contribution in [0.2, 0.25) is 0 Å². The van der Waals surface area contributed by atoms with E-state index in [0.29, 0.717) is 17.7 Å². The monoisotopic (exact) mass is 164 g/mol. The molecule has 3 heteroatoms. The first-order chi connectivity index (χ1) is 5.77. The molecule has 0 aliphatic heterocycles. The van der Waals surface area contributed by atoms with E-state index in [2.05, 4.69) is 17.2 Å². The van der Waals surface area contributed by atoms with Crippen LogP contribution >= 0.6 is 0 Å². The molecule has 0 radical (unpaired) electrons. The molecule has 0 saturated heterocycles. The van der Waals surface area contributed by atoms with Gasteiger partial charge in [0.25, 0.3) is 5.91 Å². The summed E-state index contributed by atoms with van der Waals surface area (Å²) < 4.78 is 0. The Morgan fingerprint density at radius 1 is 1.75 bits per heavy atom. The molecule has 1 aliphatic carbocycles. The molecule has 64 valence electrons. The standard InChI is InChI=1S/C9H12N2O/c1-6-5-8(6)11-9(12)7-3-2-4-10-7/h2-4,6,8,10H,5H2,1H3,(H,11,12)/t6-,8-/m1/s1. The van der Waals surface area contributed by atoms with Crippen molar-refractivity contribution in [2.75, 3.05) is 0 Å². The number of hydrogen-bond acceptors (Lipinski definition) is 1. The molecule has 0 spiro atoms. The summed E-state index contributed by atoms with van der Waals surface area (Å²) in [5, 5.41) is 2.94. The predicted molar refractivity (Wildman–Crippen MR) is 45.8 cm³/mol. The van der Waals surface area contributed by atoms with Gasteiger partial charge in [-0.2, -0.15) is 0 Å². The highest BCUT2D eigenvalue weighted by molar-refractivity contribution is 5.92.